The minimum Gasteiger partial charge on any atom is -0.385 e. The Labute approximate surface area is 186 Å². The fraction of sp³-hybridized carbons (Fsp3) is 0.423. The van der Waals surface area contributed by atoms with Gasteiger partial charge in [-0.15, -0.1) is 0 Å². The molecule has 3 heterocycles. The number of rotatable bonds is 8. The van der Waals surface area contributed by atoms with E-state index in [1.165, 1.54) is 42.6 Å². The van der Waals surface area contributed by atoms with Gasteiger partial charge in [-0.3, -0.25) is 0 Å². The van der Waals surface area contributed by atoms with Crippen LogP contribution in [0, 0.1) is 0 Å². The first kappa shape index (κ1) is 23.0. The van der Waals surface area contributed by atoms with E-state index in [1.54, 1.807) is 7.11 Å². The molecule has 0 amide bonds. The van der Waals surface area contributed by atoms with Gasteiger partial charge in [0.25, 0.3) is 0 Å². The molecule has 0 unspecified atom stereocenters. The van der Waals surface area contributed by atoms with Gasteiger partial charge in [-0.1, -0.05) is 19.1 Å². The largest absolute Gasteiger partial charge is 0.385 e. The van der Waals surface area contributed by atoms with Gasteiger partial charge in [0.2, 0.25) is 0 Å². The minimum absolute atomic E-state index is 0.819. The van der Waals surface area contributed by atoms with Crippen molar-refractivity contribution in [2.24, 2.45) is 0 Å². The maximum Gasteiger partial charge on any atom is 0.145 e. The Kier molecular flexibility index (Phi) is 9.13. The summed E-state index contributed by atoms with van der Waals surface area (Å²) < 4.78 is 6.74. The summed E-state index contributed by atoms with van der Waals surface area (Å²) in [7, 11) is 1.68. The average Bonchev–Trinajstić information content (AvgIpc) is 3.48. The third-order valence-electron chi connectivity index (χ3n) is 5.47. The zero-order chi connectivity index (χ0) is 21.9. The van der Waals surface area contributed by atoms with E-state index in [9.17, 15) is 0 Å². The van der Waals surface area contributed by atoms with Crippen molar-refractivity contribution in [3.8, 4) is 5.69 Å². The number of fused-ring (bicyclic) bond motifs is 1. The molecule has 1 aliphatic heterocycles. The van der Waals surface area contributed by atoms with Gasteiger partial charge in [-0.2, -0.15) is 0 Å². The van der Waals surface area contributed by atoms with Crippen molar-refractivity contribution in [2.75, 3.05) is 44.8 Å². The Balaban J connectivity index is 0.000000628. The lowest BCUT2D eigenvalue weighted by Crippen LogP contribution is -2.17. The number of ether oxygens (including phenoxy) is 1. The molecule has 4 rings (SSSR count). The van der Waals surface area contributed by atoms with Crippen LogP contribution in [0.1, 0.15) is 38.7 Å². The number of benzene rings is 1. The van der Waals surface area contributed by atoms with Gasteiger partial charge in [0.05, 0.1) is 0 Å². The number of nitrogens with one attached hydrogen (secondary N) is 1. The molecule has 1 aliphatic rings. The van der Waals surface area contributed by atoms with Crippen LogP contribution >= 0.6 is 0 Å². The van der Waals surface area contributed by atoms with E-state index in [4.69, 9.17) is 0 Å². The summed E-state index contributed by atoms with van der Waals surface area (Å²) in [4.78, 5) is 7.10. The molecule has 5 nitrogen and oxygen atoms in total. The average molecular weight is 421 g/mol. The predicted octanol–water partition coefficient (Wildman–Crippen LogP) is 5.29. The highest BCUT2D eigenvalue weighted by Crippen LogP contribution is 2.26. The third-order valence-corrected chi connectivity index (χ3v) is 5.47. The Morgan fingerprint density at radius 1 is 1.06 bits per heavy atom. The van der Waals surface area contributed by atoms with Gasteiger partial charge in [0.15, 0.2) is 0 Å². The Hall–Kier alpha value is -2.63. The highest BCUT2D eigenvalue weighted by Gasteiger charge is 2.13. The van der Waals surface area contributed by atoms with E-state index in [2.05, 4.69) is 80.1 Å². The number of hydrogen-bond acceptors (Lipinski definition) is 4. The van der Waals surface area contributed by atoms with E-state index >= 15 is 0 Å². The Morgan fingerprint density at radius 2 is 1.77 bits per heavy atom. The zero-order valence-corrected chi connectivity index (χ0v) is 19.2. The number of anilines is 1. The molecule has 1 aromatic carbocycles. The molecule has 0 radical (unpaired) electrons. The van der Waals surface area contributed by atoms with Crippen LogP contribution in [0.4, 0.5) is 5.69 Å². The molecule has 1 fully saturated rings. The van der Waals surface area contributed by atoms with Crippen molar-refractivity contribution in [3.05, 3.63) is 60.4 Å². The van der Waals surface area contributed by atoms with Crippen LogP contribution in [0.2, 0.25) is 0 Å². The molecule has 0 atom stereocenters. The van der Waals surface area contributed by atoms with Gasteiger partial charge in [-0.25, -0.2) is 4.98 Å². The standard InChI is InChI=1S/C23H28N4.C3H8O/c1-2-13-24-14-5-7-19-18-27(23-22(19)8-6-15-25-23)21-11-9-20(10-12-21)26-16-3-4-17-26;1-3-4-2/h5-12,15,18,24H,2-4,13-14,16-17H2,1H3;3H2,1-2H3/b7-5+;. The summed E-state index contributed by atoms with van der Waals surface area (Å²) in [5.74, 6) is 0. The summed E-state index contributed by atoms with van der Waals surface area (Å²) in [6.45, 7) is 9.26. The number of aromatic nitrogens is 2. The molecule has 0 saturated carbocycles. The van der Waals surface area contributed by atoms with Crippen LogP contribution in [0.5, 0.6) is 0 Å². The molecule has 0 bridgehead atoms. The van der Waals surface area contributed by atoms with Crippen molar-refractivity contribution in [2.45, 2.75) is 33.1 Å². The summed E-state index contributed by atoms with van der Waals surface area (Å²) in [5, 5.41) is 4.60. The quantitative estimate of drug-likeness (QED) is 0.503. The highest BCUT2D eigenvalue weighted by molar-refractivity contribution is 5.88. The monoisotopic (exact) mass is 420 g/mol. The molecular formula is C26H36N4O. The van der Waals surface area contributed by atoms with E-state index < -0.39 is 0 Å². The van der Waals surface area contributed by atoms with Crippen LogP contribution in [-0.4, -0.2) is 49.4 Å². The van der Waals surface area contributed by atoms with Gasteiger partial charge >= 0.3 is 0 Å². The van der Waals surface area contributed by atoms with Gasteiger partial charge in [0, 0.05) is 68.1 Å². The molecule has 2 aromatic heterocycles. The number of nitrogens with zero attached hydrogens (tertiary/aromatic N) is 3. The molecule has 3 aromatic rings. The van der Waals surface area contributed by atoms with E-state index in [0.717, 1.165) is 37.5 Å². The fourth-order valence-electron chi connectivity index (χ4n) is 3.76. The van der Waals surface area contributed by atoms with Gasteiger partial charge in [0.1, 0.15) is 5.65 Å². The van der Waals surface area contributed by atoms with E-state index in [1.807, 2.05) is 19.2 Å². The van der Waals surface area contributed by atoms with Crippen LogP contribution in [0.25, 0.3) is 22.8 Å². The van der Waals surface area contributed by atoms with Crippen LogP contribution < -0.4 is 10.2 Å². The Bertz CT molecular complexity index is 938. The molecular weight excluding hydrogens is 384 g/mol. The molecule has 31 heavy (non-hydrogen) atoms. The highest BCUT2D eigenvalue weighted by atomic mass is 16.5. The van der Waals surface area contributed by atoms with Crippen molar-refractivity contribution in [1.29, 1.82) is 0 Å². The lowest BCUT2D eigenvalue weighted by atomic mass is 10.2. The van der Waals surface area contributed by atoms with Crippen LogP contribution in [0.3, 0.4) is 0 Å². The van der Waals surface area contributed by atoms with Crippen LogP contribution in [-0.2, 0) is 4.74 Å². The lowest BCUT2D eigenvalue weighted by molar-refractivity contribution is 0.215. The number of pyridine rings is 1. The first-order valence-corrected chi connectivity index (χ1v) is 11.5. The Morgan fingerprint density at radius 3 is 2.45 bits per heavy atom. The van der Waals surface area contributed by atoms with Gasteiger partial charge in [-0.05, 0) is 69.1 Å². The maximum absolute atomic E-state index is 4.64. The SMILES string of the molecule is CCCNC/C=C/c1cn(-c2ccc(N3CCCC3)cc2)c2ncccc12.CCOC. The summed E-state index contributed by atoms with van der Waals surface area (Å²) >= 11 is 0. The summed E-state index contributed by atoms with van der Waals surface area (Å²) in [6.07, 6.45) is 12.2. The lowest BCUT2D eigenvalue weighted by Gasteiger charge is -2.18. The summed E-state index contributed by atoms with van der Waals surface area (Å²) in [5.41, 5.74) is 4.70. The second-order valence-corrected chi connectivity index (χ2v) is 7.72. The van der Waals surface area contributed by atoms with Crippen molar-refractivity contribution in [3.63, 3.8) is 0 Å². The fourth-order valence-corrected chi connectivity index (χ4v) is 3.76. The smallest absolute Gasteiger partial charge is 0.145 e. The van der Waals surface area contributed by atoms with Crippen molar-refractivity contribution >= 4 is 22.8 Å². The number of methoxy groups -OCH3 is 1. The van der Waals surface area contributed by atoms with Crippen LogP contribution in [0.15, 0.2) is 54.9 Å². The second-order valence-electron chi connectivity index (χ2n) is 7.72. The minimum atomic E-state index is 0.819. The normalized spacial score (nSPS) is 13.7. The molecule has 5 heteroatoms. The van der Waals surface area contributed by atoms with Crippen molar-refractivity contribution in [1.82, 2.24) is 14.9 Å². The molecule has 0 spiro atoms. The predicted molar refractivity (Wildman–Crippen MR) is 132 cm³/mol. The molecule has 166 valence electrons. The van der Waals surface area contributed by atoms with Gasteiger partial charge < -0.3 is 19.5 Å². The molecule has 1 N–H and O–H groups in total. The first-order valence-electron chi connectivity index (χ1n) is 11.5. The van der Waals surface area contributed by atoms with Crippen molar-refractivity contribution < 1.29 is 4.74 Å². The summed E-state index contributed by atoms with van der Waals surface area (Å²) in [6, 6.07) is 13.0. The topological polar surface area (TPSA) is 42.3 Å². The second kappa shape index (κ2) is 12.3. The molecule has 0 aliphatic carbocycles. The first-order chi connectivity index (χ1) is 15.3. The number of hydrogen-bond donors (Lipinski definition) is 1. The van der Waals surface area contributed by atoms with E-state index in [0.29, 0.717) is 0 Å². The third kappa shape index (κ3) is 6.18. The zero-order valence-electron chi connectivity index (χ0n) is 19.2. The molecule has 1 saturated heterocycles. The van der Waals surface area contributed by atoms with E-state index in [-0.39, 0.29) is 0 Å². The maximum atomic E-state index is 4.64.